The first-order valence-corrected chi connectivity index (χ1v) is 5.14. The van der Waals surface area contributed by atoms with E-state index in [9.17, 15) is 12.8 Å². The summed E-state index contributed by atoms with van der Waals surface area (Å²) in [6.07, 6.45) is 0. The lowest BCUT2D eigenvalue weighted by Crippen LogP contribution is -2.09. The van der Waals surface area contributed by atoms with Gasteiger partial charge in [0, 0.05) is 5.56 Å². The Balaban J connectivity index is 3.17. The van der Waals surface area contributed by atoms with Crippen molar-refractivity contribution in [2.45, 2.75) is 12.2 Å². The van der Waals surface area contributed by atoms with E-state index >= 15 is 0 Å². The average molecular weight is 204 g/mol. The van der Waals surface area contributed by atoms with E-state index in [0.717, 1.165) is 6.07 Å². The number of halogens is 1. The minimum atomic E-state index is -4.22. The van der Waals surface area contributed by atoms with E-state index in [1.165, 1.54) is 25.1 Å². The summed E-state index contributed by atoms with van der Waals surface area (Å²) in [5.74, 6) is -0.632. The number of hydrogen-bond donors (Lipinski definition) is 1. The Bertz CT molecular complexity index is 400. The molecule has 1 rings (SSSR count). The molecule has 72 valence electrons. The van der Waals surface area contributed by atoms with Gasteiger partial charge in [-0.25, -0.2) is 4.39 Å². The monoisotopic (exact) mass is 204 g/mol. The van der Waals surface area contributed by atoms with E-state index in [4.69, 9.17) is 4.55 Å². The molecular weight excluding hydrogens is 195 g/mol. The van der Waals surface area contributed by atoms with Crippen molar-refractivity contribution in [3.63, 3.8) is 0 Å². The van der Waals surface area contributed by atoms with Crippen LogP contribution >= 0.6 is 0 Å². The summed E-state index contributed by atoms with van der Waals surface area (Å²) >= 11 is 0. The molecule has 0 saturated carbocycles. The predicted molar refractivity (Wildman–Crippen MR) is 46.4 cm³/mol. The molecular formula is C8H9FO3S. The van der Waals surface area contributed by atoms with Gasteiger partial charge in [0.2, 0.25) is 0 Å². The fourth-order valence-electron chi connectivity index (χ4n) is 0.965. The Kier molecular flexibility index (Phi) is 2.68. The van der Waals surface area contributed by atoms with Crippen molar-refractivity contribution in [3.8, 4) is 0 Å². The van der Waals surface area contributed by atoms with E-state index in [2.05, 4.69) is 0 Å². The molecule has 0 radical (unpaired) electrons. The maximum Gasteiger partial charge on any atom is 0.271 e. The first-order chi connectivity index (χ1) is 5.93. The topological polar surface area (TPSA) is 54.4 Å². The average Bonchev–Trinajstić information content (AvgIpc) is 2.02. The van der Waals surface area contributed by atoms with E-state index < -0.39 is 21.2 Å². The molecule has 1 aromatic carbocycles. The lowest BCUT2D eigenvalue weighted by atomic mass is 10.1. The first kappa shape index (κ1) is 10.1. The quantitative estimate of drug-likeness (QED) is 0.747. The Morgan fingerprint density at radius 1 is 1.38 bits per heavy atom. The van der Waals surface area contributed by atoms with Crippen molar-refractivity contribution in [1.29, 1.82) is 0 Å². The Labute approximate surface area is 76.0 Å². The van der Waals surface area contributed by atoms with Crippen LogP contribution in [0.3, 0.4) is 0 Å². The van der Waals surface area contributed by atoms with Crippen LogP contribution in [0.2, 0.25) is 0 Å². The standard InChI is InChI=1S/C8H9FO3S/c1-6(13(10,11)12)7-4-2-3-5-8(7)9/h2-6H,1H3,(H,10,11,12). The lowest BCUT2D eigenvalue weighted by molar-refractivity contribution is 0.469. The molecule has 1 aromatic rings. The van der Waals surface area contributed by atoms with Crippen LogP contribution in [-0.4, -0.2) is 13.0 Å². The third-order valence-corrected chi connectivity index (χ3v) is 2.94. The molecule has 3 nitrogen and oxygen atoms in total. The zero-order valence-corrected chi connectivity index (χ0v) is 7.75. The molecule has 0 aliphatic heterocycles. The van der Waals surface area contributed by atoms with Crippen LogP contribution in [-0.2, 0) is 10.1 Å². The van der Waals surface area contributed by atoms with Crippen LogP contribution in [0.5, 0.6) is 0 Å². The van der Waals surface area contributed by atoms with E-state index in [-0.39, 0.29) is 5.56 Å². The second-order valence-corrected chi connectivity index (χ2v) is 4.42. The molecule has 0 aromatic heterocycles. The van der Waals surface area contributed by atoms with Gasteiger partial charge in [-0.15, -0.1) is 0 Å². The first-order valence-electron chi connectivity index (χ1n) is 3.63. The highest BCUT2D eigenvalue weighted by Crippen LogP contribution is 2.22. The summed E-state index contributed by atoms with van der Waals surface area (Å²) in [5, 5.41) is -1.23. The molecule has 0 aliphatic rings. The van der Waals surface area contributed by atoms with Gasteiger partial charge >= 0.3 is 0 Å². The molecule has 13 heavy (non-hydrogen) atoms. The van der Waals surface area contributed by atoms with Crippen LogP contribution in [0.15, 0.2) is 24.3 Å². The Morgan fingerprint density at radius 2 is 1.92 bits per heavy atom. The summed E-state index contributed by atoms with van der Waals surface area (Å²) in [6, 6.07) is 5.44. The molecule has 0 aliphatic carbocycles. The van der Waals surface area contributed by atoms with Gasteiger partial charge in [0.15, 0.2) is 0 Å². The summed E-state index contributed by atoms with van der Waals surface area (Å²) in [6.45, 7) is 1.23. The number of rotatable bonds is 2. The van der Waals surface area contributed by atoms with Gasteiger partial charge in [-0.1, -0.05) is 18.2 Å². The minimum absolute atomic E-state index is 0.0231. The largest absolute Gasteiger partial charge is 0.285 e. The van der Waals surface area contributed by atoms with Gasteiger partial charge in [0.05, 0.1) is 0 Å². The summed E-state index contributed by atoms with van der Waals surface area (Å²) in [4.78, 5) is 0. The molecule has 5 heteroatoms. The highest BCUT2D eigenvalue weighted by molar-refractivity contribution is 7.86. The van der Waals surface area contributed by atoms with Crippen LogP contribution in [0.1, 0.15) is 17.7 Å². The zero-order valence-electron chi connectivity index (χ0n) is 6.94. The fraction of sp³-hybridized carbons (Fsp3) is 0.250. The van der Waals surface area contributed by atoms with Gasteiger partial charge < -0.3 is 0 Å². The Hall–Kier alpha value is -0.940. The number of benzene rings is 1. The van der Waals surface area contributed by atoms with Crippen molar-refractivity contribution in [2.24, 2.45) is 0 Å². The molecule has 0 amide bonds. The Morgan fingerprint density at radius 3 is 2.38 bits per heavy atom. The predicted octanol–water partition coefficient (Wildman–Crippen LogP) is 1.77. The van der Waals surface area contributed by atoms with Crippen molar-refractivity contribution >= 4 is 10.1 Å². The summed E-state index contributed by atoms with van der Waals surface area (Å²) in [7, 11) is -4.22. The molecule has 0 bridgehead atoms. The zero-order chi connectivity index (χ0) is 10.1. The van der Waals surface area contributed by atoms with Crippen molar-refractivity contribution < 1.29 is 17.4 Å². The van der Waals surface area contributed by atoms with Crippen molar-refractivity contribution in [1.82, 2.24) is 0 Å². The molecule has 1 atom stereocenters. The second kappa shape index (κ2) is 3.43. The van der Waals surface area contributed by atoms with Crippen LogP contribution in [0.25, 0.3) is 0 Å². The highest BCUT2D eigenvalue weighted by Gasteiger charge is 2.21. The molecule has 1 unspecified atom stereocenters. The SMILES string of the molecule is CC(c1ccccc1F)S(=O)(=O)O. The smallest absolute Gasteiger partial charge is 0.271 e. The summed E-state index contributed by atoms with van der Waals surface area (Å²) in [5.41, 5.74) is -0.0231. The molecule has 0 fully saturated rings. The maximum atomic E-state index is 13.0. The highest BCUT2D eigenvalue weighted by atomic mass is 32.2. The number of hydrogen-bond acceptors (Lipinski definition) is 2. The normalized spacial score (nSPS) is 14.1. The van der Waals surface area contributed by atoms with Gasteiger partial charge in [-0.3, -0.25) is 4.55 Å². The van der Waals surface area contributed by atoms with Crippen LogP contribution < -0.4 is 0 Å². The van der Waals surface area contributed by atoms with Gasteiger partial charge in [-0.2, -0.15) is 8.42 Å². The van der Waals surface area contributed by atoms with E-state index in [1.54, 1.807) is 0 Å². The van der Waals surface area contributed by atoms with E-state index in [0.29, 0.717) is 0 Å². The third-order valence-electron chi connectivity index (χ3n) is 1.79. The lowest BCUT2D eigenvalue weighted by Gasteiger charge is -2.08. The maximum absolute atomic E-state index is 13.0. The van der Waals surface area contributed by atoms with Gasteiger partial charge in [-0.05, 0) is 13.0 Å². The summed E-state index contributed by atoms with van der Waals surface area (Å²) < 4.78 is 43.0. The van der Waals surface area contributed by atoms with Crippen LogP contribution in [0, 0.1) is 5.82 Å². The van der Waals surface area contributed by atoms with Gasteiger partial charge in [0.1, 0.15) is 11.1 Å². The van der Waals surface area contributed by atoms with Crippen molar-refractivity contribution in [3.05, 3.63) is 35.6 Å². The molecule has 1 N–H and O–H groups in total. The molecule has 0 spiro atoms. The van der Waals surface area contributed by atoms with Crippen LogP contribution in [0.4, 0.5) is 4.39 Å². The second-order valence-electron chi connectivity index (χ2n) is 2.68. The molecule has 0 heterocycles. The minimum Gasteiger partial charge on any atom is -0.285 e. The van der Waals surface area contributed by atoms with Crippen molar-refractivity contribution in [2.75, 3.05) is 0 Å². The van der Waals surface area contributed by atoms with E-state index in [1.807, 2.05) is 0 Å². The third kappa shape index (κ3) is 2.26. The fourth-order valence-corrected chi connectivity index (χ4v) is 1.48. The van der Waals surface area contributed by atoms with Gasteiger partial charge in [0.25, 0.3) is 10.1 Å². The molecule has 0 saturated heterocycles.